The van der Waals surface area contributed by atoms with E-state index >= 15 is 0 Å². The maximum Gasteiger partial charge on any atom is 0.480 e. The van der Waals surface area contributed by atoms with Crippen molar-refractivity contribution in [2.75, 3.05) is 5.75 Å². The number of carbonyl (C=O) groups excluding carboxylic acids is 1. The lowest BCUT2D eigenvalue weighted by Gasteiger charge is -2.17. The molecule has 6 heteroatoms. The van der Waals surface area contributed by atoms with Crippen molar-refractivity contribution >= 4 is 36.9 Å². The zero-order chi connectivity index (χ0) is 10.9. The molecule has 0 aromatic carbocycles. The van der Waals surface area contributed by atoms with Gasteiger partial charge >= 0.3 is 7.12 Å². The molecular formula is C9H9BO3S2. The quantitative estimate of drug-likeness (QED) is 0.551. The van der Waals surface area contributed by atoms with Crippen LogP contribution in [0.4, 0.5) is 0 Å². The summed E-state index contributed by atoms with van der Waals surface area (Å²) in [5.41, 5.74) is 0. The van der Waals surface area contributed by atoms with Crippen molar-refractivity contribution < 1.29 is 14.8 Å². The summed E-state index contributed by atoms with van der Waals surface area (Å²) in [6.07, 6.45) is 7.93. The Balaban J connectivity index is 2.26. The van der Waals surface area contributed by atoms with Crippen LogP contribution in [0.5, 0.6) is 0 Å². The van der Waals surface area contributed by atoms with Crippen molar-refractivity contribution in [3.63, 3.8) is 0 Å². The Labute approximate surface area is 96.5 Å². The van der Waals surface area contributed by atoms with Crippen molar-refractivity contribution in [2.45, 2.75) is 4.65 Å². The van der Waals surface area contributed by atoms with E-state index in [2.05, 4.69) is 0 Å². The number of rotatable bonds is 2. The molecule has 0 bridgehead atoms. The van der Waals surface area contributed by atoms with Gasteiger partial charge in [-0.1, -0.05) is 24.3 Å². The van der Waals surface area contributed by atoms with E-state index < -0.39 is 11.8 Å². The standard InChI is InChI=1S/C9H9BO3S2/c11-6-9(10(12)13)4-3-8(15-9)7-2-1-5-14-7/h1-4,6,12-13H,5H2. The van der Waals surface area contributed by atoms with Crippen LogP contribution in [-0.4, -0.2) is 33.9 Å². The molecule has 0 spiro atoms. The summed E-state index contributed by atoms with van der Waals surface area (Å²) in [7, 11) is -1.66. The molecule has 2 aliphatic heterocycles. The third-order valence-electron chi connectivity index (χ3n) is 2.22. The minimum Gasteiger partial charge on any atom is -0.426 e. The van der Waals surface area contributed by atoms with Crippen LogP contribution < -0.4 is 0 Å². The van der Waals surface area contributed by atoms with E-state index in [0.717, 1.165) is 15.6 Å². The molecule has 2 aliphatic rings. The number of aldehydes is 1. The second-order valence-electron chi connectivity index (χ2n) is 3.22. The molecule has 2 heterocycles. The largest absolute Gasteiger partial charge is 0.480 e. The average molecular weight is 240 g/mol. The third-order valence-corrected chi connectivity index (χ3v) is 4.74. The molecule has 1 unspecified atom stereocenters. The minimum atomic E-state index is -1.66. The first-order valence-electron chi connectivity index (χ1n) is 4.42. The van der Waals surface area contributed by atoms with Crippen LogP contribution in [0.1, 0.15) is 0 Å². The maximum absolute atomic E-state index is 10.9. The molecule has 78 valence electrons. The predicted octanol–water partition coefficient (Wildman–Crippen LogP) is 0.754. The lowest BCUT2D eigenvalue weighted by atomic mass is 9.72. The monoisotopic (exact) mass is 240 g/mol. The van der Waals surface area contributed by atoms with Gasteiger partial charge in [0, 0.05) is 15.6 Å². The molecule has 0 aromatic rings. The Bertz CT molecular complexity index is 376. The van der Waals surface area contributed by atoms with Crippen LogP contribution in [-0.2, 0) is 4.79 Å². The van der Waals surface area contributed by atoms with Crippen LogP contribution >= 0.6 is 23.5 Å². The Morgan fingerprint density at radius 3 is 2.67 bits per heavy atom. The van der Waals surface area contributed by atoms with Crippen molar-refractivity contribution in [1.82, 2.24) is 0 Å². The van der Waals surface area contributed by atoms with Gasteiger partial charge in [-0.15, -0.1) is 23.5 Å². The molecule has 15 heavy (non-hydrogen) atoms. The highest BCUT2D eigenvalue weighted by Gasteiger charge is 2.44. The van der Waals surface area contributed by atoms with Gasteiger partial charge in [-0.2, -0.15) is 0 Å². The zero-order valence-electron chi connectivity index (χ0n) is 7.79. The summed E-state index contributed by atoms with van der Waals surface area (Å²) in [5, 5.41) is 18.3. The molecule has 0 fully saturated rings. The minimum absolute atomic E-state index is 0.579. The van der Waals surface area contributed by atoms with Gasteiger partial charge < -0.3 is 14.8 Å². The summed E-state index contributed by atoms with van der Waals surface area (Å²) >= 11 is 2.87. The van der Waals surface area contributed by atoms with Crippen molar-refractivity contribution in [1.29, 1.82) is 0 Å². The smallest absolute Gasteiger partial charge is 0.426 e. The van der Waals surface area contributed by atoms with Gasteiger partial charge in [0.15, 0.2) is 0 Å². The van der Waals surface area contributed by atoms with Crippen LogP contribution in [0, 0.1) is 0 Å². The lowest BCUT2D eigenvalue weighted by Crippen LogP contribution is -2.41. The summed E-state index contributed by atoms with van der Waals surface area (Å²) in [5.74, 6) is 0.934. The highest BCUT2D eigenvalue weighted by molar-refractivity contribution is 8.09. The second-order valence-corrected chi connectivity index (χ2v) is 5.64. The van der Waals surface area contributed by atoms with E-state index in [-0.39, 0.29) is 0 Å². The number of thioether (sulfide) groups is 2. The van der Waals surface area contributed by atoms with Gasteiger partial charge in [-0.25, -0.2) is 0 Å². The van der Waals surface area contributed by atoms with Crippen LogP contribution in [0.2, 0.25) is 0 Å². The normalized spacial score (nSPS) is 33.7. The molecular weight excluding hydrogens is 231 g/mol. The summed E-state index contributed by atoms with van der Waals surface area (Å²) in [6.45, 7) is 0. The summed E-state index contributed by atoms with van der Waals surface area (Å²) in [4.78, 5) is 12.9. The molecule has 0 radical (unpaired) electrons. The fraction of sp³-hybridized carbons (Fsp3) is 0.222. The third kappa shape index (κ3) is 1.95. The Hall–Kier alpha value is -0.425. The fourth-order valence-corrected chi connectivity index (χ4v) is 3.41. The van der Waals surface area contributed by atoms with E-state index in [1.807, 2.05) is 12.2 Å². The number of allylic oxidation sites excluding steroid dienone is 2. The molecule has 0 aliphatic carbocycles. The van der Waals surface area contributed by atoms with Gasteiger partial charge in [-0.3, -0.25) is 0 Å². The number of hydrogen-bond acceptors (Lipinski definition) is 5. The first-order valence-corrected chi connectivity index (χ1v) is 6.22. The van der Waals surface area contributed by atoms with E-state index in [9.17, 15) is 4.79 Å². The maximum atomic E-state index is 10.9. The molecule has 0 aromatic heterocycles. The van der Waals surface area contributed by atoms with Crippen molar-refractivity contribution in [3.05, 3.63) is 34.1 Å². The van der Waals surface area contributed by atoms with Crippen LogP contribution in [0.25, 0.3) is 0 Å². The Kier molecular flexibility index (Phi) is 3.11. The molecule has 2 rings (SSSR count). The van der Waals surface area contributed by atoms with Gasteiger partial charge in [0.2, 0.25) is 0 Å². The molecule has 0 saturated carbocycles. The van der Waals surface area contributed by atoms with E-state index in [1.165, 1.54) is 11.8 Å². The molecule has 0 amide bonds. The first kappa shape index (κ1) is 11.1. The van der Waals surface area contributed by atoms with Crippen molar-refractivity contribution in [2.24, 2.45) is 0 Å². The Morgan fingerprint density at radius 2 is 2.20 bits per heavy atom. The van der Waals surface area contributed by atoms with E-state index in [0.29, 0.717) is 6.29 Å². The summed E-state index contributed by atoms with van der Waals surface area (Å²) < 4.78 is -1.22. The van der Waals surface area contributed by atoms with E-state index in [4.69, 9.17) is 10.0 Å². The van der Waals surface area contributed by atoms with Gasteiger partial charge in [0.05, 0.1) is 0 Å². The van der Waals surface area contributed by atoms with Gasteiger partial charge in [0.25, 0.3) is 0 Å². The highest BCUT2D eigenvalue weighted by Crippen LogP contribution is 2.45. The second kappa shape index (κ2) is 4.21. The molecule has 0 saturated heterocycles. The van der Waals surface area contributed by atoms with Gasteiger partial charge in [-0.05, 0) is 0 Å². The lowest BCUT2D eigenvalue weighted by molar-refractivity contribution is -0.107. The molecule has 2 N–H and O–H groups in total. The number of carbonyl (C=O) groups is 1. The predicted molar refractivity (Wildman–Crippen MR) is 64.3 cm³/mol. The molecule has 1 atom stereocenters. The topological polar surface area (TPSA) is 57.5 Å². The average Bonchev–Trinajstić information content (AvgIpc) is 2.87. The summed E-state index contributed by atoms with van der Waals surface area (Å²) in [6, 6.07) is 0. The Morgan fingerprint density at radius 1 is 1.40 bits per heavy atom. The SMILES string of the molecule is O=CC1(B(O)O)C=CC(=C2C=CCS2)S1. The zero-order valence-corrected chi connectivity index (χ0v) is 9.42. The van der Waals surface area contributed by atoms with Crippen molar-refractivity contribution in [3.8, 4) is 0 Å². The van der Waals surface area contributed by atoms with Gasteiger partial charge in [0.1, 0.15) is 10.9 Å². The number of hydrogen-bond donors (Lipinski definition) is 2. The molecule has 3 nitrogen and oxygen atoms in total. The highest BCUT2D eigenvalue weighted by atomic mass is 32.2. The van der Waals surface area contributed by atoms with E-state index in [1.54, 1.807) is 23.9 Å². The first-order chi connectivity index (χ1) is 7.18. The van der Waals surface area contributed by atoms with Crippen LogP contribution in [0.15, 0.2) is 34.1 Å². The van der Waals surface area contributed by atoms with Crippen LogP contribution in [0.3, 0.4) is 0 Å². The fourth-order valence-electron chi connectivity index (χ4n) is 1.35.